The van der Waals surface area contributed by atoms with E-state index in [2.05, 4.69) is 10.6 Å². The van der Waals surface area contributed by atoms with Crippen LogP contribution in [0.1, 0.15) is 34.1 Å². The Morgan fingerprint density at radius 3 is 2.31 bits per heavy atom. The van der Waals surface area contributed by atoms with Gasteiger partial charge in [-0.3, -0.25) is 9.59 Å². The van der Waals surface area contributed by atoms with Crippen molar-refractivity contribution in [1.82, 2.24) is 10.6 Å². The lowest BCUT2D eigenvalue weighted by Crippen LogP contribution is -2.41. The highest BCUT2D eigenvalue weighted by molar-refractivity contribution is 5.87. The summed E-state index contributed by atoms with van der Waals surface area (Å²) in [7, 11) is 0. The van der Waals surface area contributed by atoms with E-state index in [-0.39, 0.29) is 18.4 Å². The summed E-state index contributed by atoms with van der Waals surface area (Å²) in [6.07, 6.45) is 4.73. The van der Waals surface area contributed by atoms with Crippen LogP contribution in [0.4, 0.5) is 0 Å². The topological polar surface area (TPSA) is 58.2 Å². The monoisotopic (exact) mass is 226 g/mol. The molecule has 2 N–H and O–H groups in total. The van der Waals surface area contributed by atoms with E-state index in [1.54, 1.807) is 0 Å². The first-order valence-electron chi connectivity index (χ1n) is 5.54. The second kappa shape index (κ2) is 7.04. The number of hydrogen-bond donors (Lipinski definition) is 2. The van der Waals surface area contributed by atoms with E-state index in [1.165, 1.54) is 0 Å². The molecule has 4 heteroatoms. The van der Waals surface area contributed by atoms with Crippen molar-refractivity contribution in [2.45, 2.75) is 34.1 Å². The largest absolute Gasteiger partial charge is 0.354 e. The zero-order chi connectivity index (χ0) is 12.6. The van der Waals surface area contributed by atoms with Crippen molar-refractivity contribution in [3.63, 3.8) is 0 Å². The van der Waals surface area contributed by atoms with E-state index in [1.807, 2.05) is 39.8 Å². The van der Waals surface area contributed by atoms with Crippen molar-refractivity contribution in [2.24, 2.45) is 5.41 Å². The van der Waals surface area contributed by atoms with Crippen LogP contribution in [0.25, 0.3) is 0 Å². The summed E-state index contributed by atoms with van der Waals surface area (Å²) in [4.78, 5) is 22.7. The van der Waals surface area contributed by atoms with Gasteiger partial charge >= 0.3 is 0 Å². The van der Waals surface area contributed by atoms with E-state index < -0.39 is 5.41 Å². The third kappa shape index (κ3) is 7.04. The Bertz CT molecular complexity index is 265. The Labute approximate surface area is 97.5 Å². The molecule has 2 amide bonds. The van der Waals surface area contributed by atoms with Crippen LogP contribution >= 0.6 is 0 Å². The zero-order valence-corrected chi connectivity index (χ0v) is 10.6. The van der Waals surface area contributed by atoms with E-state index in [0.29, 0.717) is 6.54 Å². The Morgan fingerprint density at radius 2 is 1.81 bits per heavy atom. The highest BCUT2D eigenvalue weighted by Gasteiger charge is 2.21. The summed E-state index contributed by atoms with van der Waals surface area (Å²) < 4.78 is 0. The molecule has 0 rings (SSSR count). The molecule has 0 aromatic rings. The molecule has 0 aromatic carbocycles. The van der Waals surface area contributed by atoms with Crippen molar-refractivity contribution in [1.29, 1.82) is 0 Å². The van der Waals surface area contributed by atoms with Crippen LogP contribution in [0.5, 0.6) is 0 Å². The summed E-state index contributed by atoms with van der Waals surface area (Å²) in [6.45, 7) is 8.02. The Balaban J connectivity index is 3.70. The molecule has 0 saturated carbocycles. The third-order valence-electron chi connectivity index (χ3n) is 1.96. The first kappa shape index (κ1) is 14.7. The van der Waals surface area contributed by atoms with Crippen molar-refractivity contribution in [2.75, 3.05) is 13.1 Å². The van der Waals surface area contributed by atoms with Gasteiger partial charge in [-0.15, -0.1) is 0 Å². The Kier molecular flexibility index (Phi) is 6.46. The fraction of sp³-hybridized carbons (Fsp3) is 0.667. The van der Waals surface area contributed by atoms with E-state index in [4.69, 9.17) is 0 Å². The number of nitrogens with one attached hydrogen (secondary N) is 2. The molecule has 0 aliphatic heterocycles. The van der Waals surface area contributed by atoms with Crippen LogP contribution in [0.15, 0.2) is 12.2 Å². The first-order chi connectivity index (χ1) is 7.38. The van der Waals surface area contributed by atoms with Crippen molar-refractivity contribution >= 4 is 11.8 Å². The van der Waals surface area contributed by atoms with Crippen LogP contribution in [-0.4, -0.2) is 24.9 Å². The minimum absolute atomic E-state index is 0.0476. The molecule has 92 valence electrons. The summed E-state index contributed by atoms with van der Waals surface area (Å²) in [5, 5.41) is 5.31. The second-order valence-electron chi connectivity index (χ2n) is 4.64. The summed E-state index contributed by atoms with van der Waals surface area (Å²) in [5.74, 6) is -0.266. The van der Waals surface area contributed by atoms with Gasteiger partial charge in [0.05, 0.1) is 6.54 Å². The predicted octanol–water partition coefficient (Wildman–Crippen LogP) is 1.23. The SMILES string of the molecule is C/C=C/CCNC(=O)CNC(=O)C(C)(C)C. The first-order valence-corrected chi connectivity index (χ1v) is 5.54. The van der Waals surface area contributed by atoms with E-state index in [0.717, 1.165) is 6.42 Å². The van der Waals surface area contributed by atoms with Gasteiger partial charge in [-0.25, -0.2) is 0 Å². The van der Waals surface area contributed by atoms with Crippen molar-refractivity contribution in [3.05, 3.63) is 12.2 Å². The maximum Gasteiger partial charge on any atom is 0.239 e. The summed E-state index contributed by atoms with van der Waals surface area (Å²) in [5.41, 5.74) is -0.453. The van der Waals surface area contributed by atoms with Crippen LogP contribution in [0.3, 0.4) is 0 Å². The maximum absolute atomic E-state index is 11.4. The highest BCUT2D eigenvalue weighted by Crippen LogP contribution is 2.11. The lowest BCUT2D eigenvalue weighted by atomic mass is 9.96. The number of hydrogen-bond acceptors (Lipinski definition) is 2. The minimum Gasteiger partial charge on any atom is -0.354 e. The normalized spacial score (nSPS) is 11.5. The smallest absolute Gasteiger partial charge is 0.239 e. The Hall–Kier alpha value is -1.32. The molecular weight excluding hydrogens is 204 g/mol. The van der Waals surface area contributed by atoms with Gasteiger partial charge in [0, 0.05) is 12.0 Å². The average Bonchev–Trinajstić information content (AvgIpc) is 2.19. The quantitative estimate of drug-likeness (QED) is 0.547. The number of allylic oxidation sites excluding steroid dienone is 1. The van der Waals surface area contributed by atoms with Crippen molar-refractivity contribution in [3.8, 4) is 0 Å². The molecule has 16 heavy (non-hydrogen) atoms. The minimum atomic E-state index is -0.453. The molecular formula is C12H22N2O2. The zero-order valence-electron chi connectivity index (χ0n) is 10.6. The highest BCUT2D eigenvalue weighted by atomic mass is 16.2. The van der Waals surface area contributed by atoms with Crippen LogP contribution < -0.4 is 10.6 Å². The standard InChI is InChI=1S/C12H22N2O2/c1-5-6-7-8-13-10(15)9-14-11(16)12(2,3)4/h5-6H,7-9H2,1-4H3,(H,13,15)(H,14,16)/b6-5+. The number of carbonyl (C=O) groups is 2. The van der Waals surface area contributed by atoms with Crippen molar-refractivity contribution < 1.29 is 9.59 Å². The van der Waals surface area contributed by atoms with Gasteiger partial charge in [0.25, 0.3) is 0 Å². The molecule has 0 unspecified atom stereocenters. The fourth-order valence-electron chi connectivity index (χ4n) is 0.950. The second-order valence-corrected chi connectivity index (χ2v) is 4.64. The maximum atomic E-state index is 11.4. The number of rotatable bonds is 5. The number of amides is 2. The molecule has 0 aliphatic carbocycles. The molecule has 0 heterocycles. The molecule has 4 nitrogen and oxygen atoms in total. The molecule has 0 bridgehead atoms. The van der Waals surface area contributed by atoms with Crippen LogP contribution in [-0.2, 0) is 9.59 Å². The lowest BCUT2D eigenvalue weighted by Gasteiger charge is -2.17. The molecule has 0 spiro atoms. The predicted molar refractivity (Wildman–Crippen MR) is 64.9 cm³/mol. The molecule has 0 fully saturated rings. The van der Waals surface area contributed by atoms with Gasteiger partial charge in [0.1, 0.15) is 0 Å². The molecule has 0 aromatic heterocycles. The van der Waals surface area contributed by atoms with Gasteiger partial charge in [0.15, 0.2) is 0 Å². The van der Waals surface area contributed by atoms with Crippen LogP contribution in [0, 0.1) is 5.41 Å². The van der Waals surface area contributed by atoms with Gasteiger partial charge in [-0.1, -0.05) is 32.9 Å². The van der Waals surface area contributed by atoms with E-state index in [9.17, 15) is 9.59 Å². The molecule has 0 saturated heterocycles. The molecule has 0 radical (unpaired) electrons. The summed E-state index contributed by atoms with van der Waals surface area (Å²) in [6, 6.07) is 0. The van der Waals surface area contributed by atoms with Gasteiger partial charge in [0.2, 0.25) is 11.8 Å². The van der Waals surface area contributed by atoms with E-state index >= 15 is 0 Å². The van der Waals surface area contributed by atoms with Gasteiger partial charge < -0.3 is 10.6 Å². The Morgan fingerprint density at radius 1 is 1.19 bits per heavy atom. The van der Waals surface area contributed by atoms with Gasteiger partial charge in [-0.05, 0) is 13.3 Å². The van der Waals surface area contributed by atoms with Gasteiger partial charge in [-0.2, -0.15) is 0 Å². The lowest BCUT2D eigenvalue weighted by molar-refractivity contribution is -0.131. The van der Waals surface area contributed by atoms with Crippen LogP contribution in [0.2, 0.25) is 0 Å². The summed E-state index contributed by atoms with van der Waals surface area (Å²) >= 11 is 0. The molecule has 0 atom stereocenters. The number of carbonyl (C=O) groups excluding carboxylic acids is 2. The average molecular weight is 226 g/mol. The third-order valence-corrected chi connectivity index (χ3v) is 1.96. The fourth-order valence-corrected chi connectivity index (χ4v) is 0.950. The molecule has 0 aliphatic rings.